The Balaban J connectivity index is 1.69. The molecule has 0 amide bonds. The Kier molecular flexibility index (Phi) is 7.44. The van der Waals surface area contributed by atoms with Gasteiger partial charge >= 0.3 is 12.4 Å². The number of hydrogen-bond donors (Lipinski definition) is 0. The van der Waals surface area contributed by atoms with Gasteiger partial charge in [-0.15, -0.1) is 0 Å². The van der Waals surface area contributed by atoms with Gasteiger partial charge in [-0.2, -0.15) is 26.3 Å². The lowest BCUT2D eigenvalue weighted by atomic mass is 9.73. The monoisotopic (exact) mass is 530 g/mol. The lowest BCUT2D eigenvalue weighted by molar-refractivity contribution is -0.288. The molecule has 0 aliphatic rings. The summed E-state index contributed by atoms with van der Waals surface area (Å²) in [6.45, 7) is 3.85. The van der Waals surface area contributed by atoms with Crippen molar-refractivity contribution in [3.63, 3.8) is 0 Å². The number of aryl methyl sites for hydroxylation is 2. The molecule has 38 heavy (non-hydrogen) atoms. The minimum atomic E-state index is -5.69. The highest BCUT2D eigenvalue weighted by molar-refractivity contribution is 5.48. The van der Waals surface area contributed by atoms with Crippen molar-refractivity contribution >= 4 is 0 Å². The van der Waals surface area contributed by atoms with E-state index < -0.39 is 28.9 Å². The summed E-state index contributed by atoms with van der Waals surface area (Å²) < 4.78 is 98.0. The van der Waals surface area contributed by atoms with Gasteiger partial charge in [-0.25, -0.2) is 0 Å². The van der Waals surface area contributed by atoms with Crippen molar-refractivity contribution < 1.29 is 35.8 Å². The average molecular weight is 531 g/mol. The molecule has 0 heterocycles. The fourth-order valence-electron chi connectivity index (χ4n) is 4.20. The normalized spacial score (nSPS) is 12.3. The van der Waals surface area contributed by atoms with E-state index >= 15 is 0 Å². The first-order valence-corrected chi connectivity index (χ1v) is 11.8. The standard InChI is InChI=1S/C30H24F6O2/c1-3-21-6-14-25(15-7-21)38-27-18-10-23(11-19-27)28(29(31,32)33,30(34,35)36)22-8-16-26(17-9-22)37-24-12-4-20(2)5-13-24/h4-19H,3H2,1-2H3. The fourth-order valence-corrected chi connectivity index (χ4v) is 4.20. The molecule has 0 radical (unpaired) electrons. The Bertz CT molecular complexity index is 1330. The zero-order valence-corrected chi connectivity index (χ0v) is 20.5. The fraction of sp³-hybridized carbons (Fsp3) is 0.200. The summed E-state index contributed by atoms with van der Waals surface area (Å²) in [6.07, 6.45) is -10.6. The van der Waals surface area contributed by atoms with Crippen LogP contribution < -0.4 is 9.47 Å². The molecule has 0 aliphatic carbocycles. The Labute approximate surface area is 216 Å². The first kappa shape index (κ1) is 27.1. The van der Waals surface area contributed by atoms with Crippen molar-refractivity contribution in [3.05, 3.63) is 119 Å². The van der Waals surface area contributed by atoms with Gasteiger partial charge in [-0.05, 0) is 78.6 Å². The molecule has 0 unspecified atom stereocenters. The summed E-state index contributed by atoms with van der Waals surface area (Å²) in [5.74, 6) is 1.03. The van der Waals surface area contributed by atoms with E-state index in [2.05, 4.69) is 0 Å². The second-order valence-corrected chi connectivity index (χ2v) is 8.81. The average Bonchev–Trinajstić information content (AvgIpc) is 2.87. The molecule has 2 nitrogen and oxygen atoms in total. The third kappa shape index (κ3) is 5.35. The SMILES string of the molecule is CCc1ccc(Oc2ccc(C(c3ccc(Oc4ccc(C)cc4)cc3)(C(F)(F)F)C(F)(F)F)cc2)cc1. The third-order valence-electron chi connectivity index (χ3n) is 6.25. The summed E-state index contributed by atoms with van der Waals surface area (Å²) in [4.78, 5) is 0. The van der Waals surface area contributed by atoms with Gasteiger partial charge in [-0.3, -0.25) is 0 Å². The molecular weight excluding hydrogens is 506 g/mol. The van der Waals surface area contributed by atoms with E-state index in [0.717, 1.165) is 66.1 Å². The van der Waals surface area contributed by atoms with Gasteiger partial charge in [0, 0.05) is 0 Å². The van der Waals surface area contributed by atoms with Gasteiger partial charge < -0.3 is 9.47 Å². The van der Waals surface area contributed by atoms with Crippen LogP contribution in [0.4, 0.5) is 26.3 Å². The molecule has 4 rings (SSSR count). The zero-order valence-electron chi connectivity index (χ0n) is 20.5. The Hall–Kier alpha value is -3.94. The number of benzene rings is 4. The van der Waals surface area contributed by atoms with E-state index in [1.165, 1.54) is 0 Å². The summed E-state index contributed by atoms with van der Waals surface area (Å²) >= 11 is 0. The summed E-state index contributed by atoms with van der Waals surface area (Å²) in [6, 6.07) is 21.5. The van der Waals surface area contributed by atoms with Crippen LogP contribution in [0.25, 0.3) is 0 Å². The molecule has 198 valence electrons. The molecule has 0 spiro atoms. The van der Waals surface area contributed by atoms with Crippen LogP contribution in [0.1, 0.15) is 29.2 Å². The van der Waals surface area contributed by atoms with Crippen molar-refractivity contribution in [2.45, 2.75) is 38.0 Å². The molecule has 0 bridgehead atoms. The van der Waals surface area contributed by atoms with E-state index in [0.29, 0.717) is 11.5 Å². The summed E-state index contributed by atoms with van der Waals surface area (Å²) in [5.41, 5.74) is -4.18. The maximum absolute atomic E-state index is 14.5. The molecule has 0 saturated carbocycles. The van der Waals surface area contributed by atoms with Crippen molar-refractivity contribution in [3.8, 4) is 23.0 Å². The van der Waals surface area contributed by atoms with Crippen LogP contribution in [0, 0.1) is 6.92 Å². The van der Waals surface area contributed by atoms with Crippen LogP contribution in [0.3, 0.4) is 0 Å². The van der Waals surface area contributed by atoms with Crippen LogP contribution in [0.2, 0.25) is 0 Å². The molecule has 0 N–H and O–H groups in total. The van der Waals surface area contributed by atoms with E-state index in [1.54, 1.807) is 36.4 Å². The van der Waals surface area contributed by atoms with Crippen LogP contribution in [0.15, 0.2) is 97.1 Å². The maximum Gasteiger partial charge on any atom is 0.411 e. The predicted octanol–water partition coefficient (Wildman–Crippen LogP) is 9.55. The summed E-state index contributed by atoms with van der Waals surface area (Å²) in [5, 5.41) is 0. The maximum atomic E-state index is 14.5. The third-order valence-corrected chi connectivity index (χ3v) is 6.25. The molecule has 4 aromatic carbocycles. The van der Waals surface area contributed by atoms with E-state index in [1.807, 2.05) is 26.0 Å². The minimum Gasteiger partial charge on any atom is -0.457 e. The largest absolute Gasteiger partial charge is 0.457 e. The second-order valence-electron chi connectivity index (χ2n) is 8.81. The van der Waals surface area contributed by atoms with Gasteiger partial charge in [0.15, 0.2) is 0 Å². The molecule has 0 saturated heterocycles. The van der Waals surface area contributed by atoms with Crippen molar-refractivity contribution in [1.82, 2.24) is 0 Å². The lowest BCUT2D eigenvalue weighted by Crippen LogP contribution is -2.54. The molecule has 0 fully saturated rings. The smallest absolute Gasteiger partial charge is 0.411 e. The molecule has 0 aliphatic heterocycles. The highest BCUT2D eigenvalue weighted by Crippen LogP contribution is 2.56. The van der Waals surface area contributed by atoms with Gasteiger partial charge in [0.1, 0.15) is 23.0 Å². The van der Waals surface area contributed by atoms with E-state index in [9.17, 15) is 26.3 Å². The molecule has 8 heteroatoms. The number of rotatable bonds is 7. The zero-order chi connectivity index (χ0) is 27.6. The van der Waals surface area contributed by atoms with Crippen LogP contribution in [0.5, 0.6) is 23.0 Å². The second kappa shape index (κ2) is 10.4. The van der Waals surface area contributed by atoms with Crippen LogP contribution >= 0.6 is 0 Å². The van der Waals surface area contributed by atoms with Crippen molar-refractivity contribution in [2.24, 2.45) is 0 Å². The molecule has 4 aromatic rings. The van der Waals surface area contributed by atoms with Gasteiger partial charge in [0.05, 0.1) is 0 Å². The number of halogens is 6. The van der Waals surface area contributed by atoms with E-state index in [4.69, 9.17) is 9.47 Å². The Morgan fingerprint density at radius 1 is 0.500 bits per heavy atom. The Morgan fingerprint density at radius 2 is 0.816 bits per heavy atom. The number of hydrogen-bond acceptors (Lipinski definition) is 2. The first-order chi connectivity index (χ1) is 17.9. The first-order valence-electron chi connectivity index (χ1n) is 11.8. The van der Waals surface area contributed by atoms with Crippen molar-refractivity contribution in [2.75, 3.05) is 0 Å². The van der Waals surface area contributed by atoms with Crippen LogP contribution in [-0.4, -0.2) is 12.4 Å². The quantitative estimate of drug-likeness (QED) is 0.222. The highest BCUT2D eigenvalue weighted by Gasteiger charge is 2.72. The number of ether oxygens (including phenoxy) is 2. The van der Waals surface area contributed by atoms with Gasteiger partial charge in [0.2, 0.25) is 5.41 Å². The summed E-state index contributed by atoms with van der Waals surface area (Å²) in [7, 11) is 0. The molecular formula is C30H24F6O2. The van der Waals surface area contributed by atoms with Crippen molar-refractivity contribution in [1.29, 1.82) is 0 Å². The van der Waals surface area contributed by atoms with Crippen LogP contribution in [-0.2, 0) is 11.8 Å². The van der Waals surface area contributed by atoms with Gasteiger partial charge in [0.25, 0.3) is 0 Å². The molecule has 0 aromatic heterocycles. The van der Waals surface area contributed by atoms with E-state index in [-0.39, 0.29) is 11.5 Å². The van der Waals surface area contributed by atoms with Gasteiger partial charge in [-0.1, -0.05) is 61.0 Å². The topological polar surface area (TPSA) is 18.5 Å². The number of alkyl halides is 6. The Morgan fingerprint density at radius 3 is 1.13 bits per heavy atom. The highest BCUT2D eigenvalue weighted by atomic mass is 19.4. The predicted molar refractivity (Wildman–Crippen MR) is 133 cm³/mol. The lowest BCUT2D eigenvalue weighted by Gasteiger charge is -2.38. The minimum absolute atomic E-state index is 0.105. The molecule has 0 atom stereocenters.